The Morgan fingerprint density at radius 1 is 0.980 bits per heavy atom. The number of phenolic OH excluding ortho intramolecular Hbond substituents is 1. The van der Waals surface area contributed by atoms with Crippen LogP contribution >= 0.6 is 15.9 Å². The minimum Gasteiger partial charge on any atom is -0.507 e. The molecule has 0 radical (unpaired) electrons. The molecule has 0 saturated carbocycles. The van der Waals surface area contributed by atoms with Crippen LogP contribution in [0.3, 0.4) is 0 Å². The van der Waals surface area contributed by atoms with E-state index in [1.807, 2.05) is 48.5 Å². The van der Waals surface area contributed by atoms with Crippen LogP contribution < -0.4 is 4.74 Å². The molecular formula is C41H45BrN2O5. The Labute approximate surface area is 297 Å². The predicted octanol–water partition coefficient (Wildman–Crippen LogP) is 7.79. The lowest BCUT2D eigenvalue weighted by Gasteiger charge is -2.36. The maximum atomic E-state index is 14.3. The van der Waals surface area contributed by atoms with E-state index in [4.69, 9.17) is 9.47 Å². The third-order valence-corrected chi connectivity index (χ3v) is 11.4. The van der Waals surface area contributed by atoms with Gasteiger partial charge in [0.15, 0.2) is 0 Å². The average molecular weight is 726 g/mol. The fourth-order valence-electron chi connectivity index (χ4n) is 8.38. The zero-order valence-electron chi connectivity index (χ0n) is 28.1. The van der Waals surface area contributed by atoms with E-state index in [0.717, 1.165) is 73.1 Å². The Kier molecular flexibility index (Phi) is 10.4. The van der Waals surface area contributed by atoms with Crippen molar-refractivity contribution in [1.29, 1.82) is 0 Å². The lowest BCUT2D eigenvalue weighted by molar-refractivity contribution is -0.144. The van der Waals surface area contributed by atoms with Crippen LogP contribution in [-0.4, -0.2) is 65.2 Å². The van der Waals surface area contributed by atoms with E-state index in [2.05, 4.69) is 58.1 Å². The molecule has 0 aromatic heterocycles. The zero-order chi connectivity index (χ0) is 33.9. The molecule has 8 heteroatoms. The van der Waals surface area contributed by atoms with Crippen molar-refractivity contribution in [1.82, 2.24) is 9.80 Å². The monoisotopic (exact) mass is 724 g/mol. The SMILES string of the molecule is CC/C(=C\c1cc(Br)ccc1O)CC[C@H]1OC[C@H]2C1=C(COc1ccccc1)C[C@H]1C(=O)N(C3CCN(Cc4ccccc4)CC3)C(=O)[C@H]12. The van der Waals surface area contributed by atoms with Crippen LogP contribution in [0.4, 0.5) is 0 Å². The third-order valence-electron chi connectivity index (χ3n) is 10.9. The third kappa shape index (κ3) is 7.28. The van der Waals surface area contributed by atoms with E-state index in [1.165, 1.54) is 16.7 Å². The number of hydrogen-bond acceptors (Lipinski definition) is 6. The highest BCUT2D eigenvalue weighted by Crippen LogP contribution is 2.51. The van der Waals surface area contributed by atoms with Crippen molar-refractivity contribution in [3.05, 3.63) is 111 Å². The molecule has 1 aliphatic carbocycles. The highest BCUT2D eigenvalue weighted by molar-refractivity contribution is 9.10. The molecule has 0 spiro atoms. The average Bonchev–Trinajstić information content (AvgIpc) is 3.66. The smallest absolute Gasteiger partial charge is 0.234 e. The van der Waals surface area contributed by atoms with Gasteiger partial charge in [0.05, 0.1) is 24.5 Å². The molecule has 3 fully saturated rings. The summed E-state index contributed by atoms with van der Waals surface area (Å²) in [6.07, 6.45) is 6.46. The summed E-state index contributed by atoms with van der Waals surface area (Å²) in [5.41, 5.74) is 5.55. The summed E-state index contributed by atoms with van der Waals surface area (Å²) in [7, 11) is 0. The number of carbonyl (C=O) groups is 2. The Morgan fingerprint density at radius 3 is 2.45 bits per heavy atom. The number of carbonyl (C=O) groups excluding carboxylic acids is 2. The zero-order valence-corrected chi connectivity index (χ0v) is 29.7. The molecule has 2 amide bonds. The number of hydrogen-bond donors (Lipinski definition) is 1. The van der Waals surface area contributed by atoms with Crippen molar-refractivity contribution in [3.63, 3.8) is 0 Å². The summed E-state index contributed by atoms with van der Waals surface area (Å²) in [6, 6.07) is 25.6. The number of benzene rings is 3. The Morgan fingerprint density at radius 2 is 1.71 bits per heavy atom. The summed E-state index contributed by atoms with van der Waals surface area (Å²) in [6.45, 7) is 5.57. The molecule has 3 aromatic carbocycles. The first-order valence-electron chi connectivity index (χ1n) is 17.7. The molecule has 4 atom stereocenters. The van der Waals surface area contributed by atoms with Gasteiger partial charge in [0.1, 0.15) is 18.1 Å². The molecule has 4 aliphatic rings. The van der Waals surface area contributed by atoms with Crippen LogP contribution in [0.2, 0.25) is 0 Å². The molecule has 0 bridgehead atoms. The van der Waals surface area contributed by atoms with E-state index >= 15 is 0 Å². The van der Waals surface area contributed by atoms with Crippen LogP contribution in [0.1, 0.15) is 56.6 Å². The fraction of sp³-hybridized carbons (Fsp3) is 0.415. The maximum absolute atomic E-state index is 14.3. The quantitative estimate of drug-likeness (QED) is 0.161. The second kappa shape index (κ2) is 15.0. The van der Waals surface area contributed by atoms with E-state index in [0.29, 0.717) is 19.6 Å². The van der Waals surface area contributed by atoms with E-state index in [1.54, 1.807) is 11.0 Å². The molecule has 7 nitrogen and oxygen atoms in total. The number of imide groups is 1. The van der Waals surface area contributed by atoms with Gasteiger partial charge in [-0.15, -0.1) is 0 Å². The van der Waals surface area contributed by atoms with Crippen LogP contribution in [0.25, 0.3) is 6.08 Å². The Hall–Kier alpha value is -3.72. The van der Waals surface area contributed by atoms with Crippen molar-refractivity contribution >= 4 is 33.8 Å². The number of halogens is 1. The van der Waals surface area contributed by atoms with Gasteiger partial charge >= 0.3 is 0 Å². The minimum atomic E-state index is -0.380. The van der Waals surface area contributed by atoms with Gasteiger partial charge < -0.3 is 14.6 Å². The van der Waals surface area contributed by atoms with E-state index in [-0.39, 0.29) is 47.5 Å². The lowest BCUT2D eigenvalue weighted by atomic mass is 9.69. The number of ether oxygens (including phenoxy) is 2. The topological polar surface area (TPSA) is 79.3 Å². The second-order valence-electron chi connectivity index (χ2n) is 13.9. The van der Waals surface area contributed by atoms with Crippen molar-refractivity contribution < 1.29 is 24.2 Å². The number of nitrogens with zero attached hydrogens (tertiary/aromatic N) is 2. The van der Waals surface area contributed by atoms with Crippen LogP contribution in [0, 0.1) is 17.8 Å². The largest absolute Gasteiger partial charge is 0.507 e. The number of amides is 2. The van der Waals surface area contributed by atoms with Gasteiger partial charge in [0.25, 0.3) is 0 Å². The number of aromatic hydroxyl groups is 1. The molecule has 0 unspecified atom stereocenters. The number of para-hydroxylation sites is 1. The summed E-state index contributed by atoms with van der Waals surface area (Å²) < 4.78 is 13.7. The van der Waals surface area contributed by atoms with Crippen LogP contribution in [0.15, 0.2) is 100 Å². The van der Waals surface area contributed by atoms with E-state index < -0.39 is 0 Å². The van der Waals surface area contributed by atoms with Crippen molar-refractivity contribution in [2.45, 2.75) is 64.1 Å². The van der Waals surface area contributed by atoms with Gasteiger partial charge in [-0.2, -0.15) is 0 Å². The summed E-state index contributed by atoms with van der Waals surface area (Å²) in [5.74, 6) is 0.143. The number of phenols is 1. The summed E-state index contributed by atoms with van der Waals surface area (Å²) in [4.78, 5) is 32.5. The van der Waals surface area contributed by atoms with Gasteiger partial charge in [-0.25, -0.2) is 0 Å². The highest BCUT2D eigenvalue weighted by Gasteiger charge is 2.58. The van der Waals surface area contributed by atoms with Gasteiger partial charge in [0.2, 0.25) is 11.8 Å². The van der Waals surface area contributed by atoms with Gasteiger partial charge in [0, 0.05) is 41.6 Å². The molecule has 49 heavy (non-hydrogen) atoms. The van der Waals surface area contributed by atoms with Gasteiger partial charge in [-0.05, 0) is 85.6 Å². The Balaban J connectivity index is 1.09. The number of rotatable bonds is 11. The molecule has 1 N–H and O–H groups in total. The minimum absolute atomic E-state index is 0.00874. The number of piperidine rings is 1. The first-order valence-corrected chi connectivity index (χ1v) is 18.5. The first-order chi connectivity index (χ1) is 23.9. The van der Waals surface area contributed by atoms with Crippen LogP contribution in [0.5, 0.6) is 11.5 Å². The van der Waals surface area contributed by atoms with Crippen LogP contribution in [-0.2, 0) is 20.9 Å². The number of fused-ring (bicyclic) bond motifs is 3. The fourth-order valence-corrected chi connectivity index (χ4v) is 8.76. The van der Waals surface area contributed by atoms with Gasteiger partial charge in [-0.1, -0.05) is 83.0 Å². The lowest BCUT2D eigenvalue weighted by Crippen LogP contribution is -2.47. The first kappa shape index (κ1) is 33.8. The molecule has 256 valence electrons. The summed E-state index contributed by atoms with van der Waals surface area (Å²) in [5, 5.41) is 10.4. The molecular weight excluding hydrogens is 680 g/mol. The normalized spacial score (nSPS) is 24.8. The second-order valence-corrected chi connectivity index (χ2v) is 14.8. The highest BCUT2D eigenvalue weighted by atomic mass is 79.9. The standard InChI is InChI=1S/C41H45BrN2O5/c1-2-27(21-29-22-31(42)14-15-36(29)45)13-16-37-38-30(25-48-33-11-7-4-8-12-33)23-34-39(35(38)26-49-37)41(47)44(40(34)46)32-17-19-43(20-18-32)24-28-9-5-3-6-10-28/h3-12,14-15,21-22,32,34-35,37,39,45H,2,13,16-20,23-26H2,1H3/b27-21+/t34-,35+,37-,39-/m1/s1. The molecule has 7 rings (SSSR count). The number of likely N-dealkylation sites (tertiary alicyclic amines) is 2. The molecule has 3 heterocycles. The molecule has 3 saturated heterocycles. The maximum Gasteiger partial charge on any atom is 0.234 e. The van der Waals surface area contributed by atoms with Crippen molar-refractivity contribution in [2.24, 2.45) is 17.8 Å². The van der Waals surface area contributed by atoms with Crippen molar-refractivity contribution in [3.8, 4) is 11.5 Å². The van der Waals surface area contributed by atoms with Crippen molar-refractivity contribution in [2.75, 3.05) is 26.3 Å². The molecule has 3 aromatic rings. The Bertz CT molecular complexity index is 1720. The number of allylic oxidation sites excluding steroid dienone is 1. The molecule has 3 aliphatic heterocycles. The van der Waals surface area contributed by atoms with Gasteiger partial charge in [-0.3, -0.25) is 19.4 Å². The summed E-state index contributed by atoms with van der Waals surface area (Å²) >= 11 is 3.52. The predicted molar refractivity (Wildman–Crippen MR) is 194 cm³/mol. The van der Waals surface area contributed by atoms with E-state index in [9.17, 15) is 14.7 Å².